The Kier molecular flexibility index (Phi) is 6.13. The Morgan fingerprint density at radius 2 is 1.72 bits per heavy atom. The quantitative estimate of drug-likeness (QED) is 0.805. The lowest BCUT2D eigenvalue weighted by molar-refractivity contribution is 0.0695. The summed E-state index contributed by atoms with van der Waals surface area (Å²) in [6.07, 6.45) is 5.36. The monoisotopic (exact) mass is 254 g/mol. The number of nitrogens with one attached hydrogen (secondary N) is 1. The van der Waals surface area contributed by atoms with Gasteiger partial charge in [-0.2, -0.15) is 0 Å². The SMILES string of the molecule is CCCNC(CN1[C@H](C)CCC[C@@H]1C)C(C)(C)C. The lowest BCUT2D eigenvalue weighted by Gasteiger charge is -2.44. The number of likely N-dealkylation sites (tertiary alicyclic amines) is 1. The van der Waals surface area contributed by atoms with Gasteiger partial charge in [0.05, 0.1) is 0 Å². The van der Waals surface area contributed by atoms with E-state index in [0.717, 1.165) is 18.6 Å². The molecule has 1 aliphatic rings. The molecule has 0 aromatic rings. The second kappa shape index (κ2) is 6.91. The summed E-state index contributed by atoms with van der Waals surface area (Å²) >= 11 is 0. The first kappa shape index (κ1) is 16.0. The van der Waals surface area contributed by atoms with Gasteiger partial charge in [-0.05, 0) is 45.1 Å². The van der Waals surface area contributed by atoms with Gasteiger partial charge in [0.1, 0.15) is 0 Å². The highest BCUT2D eigenvalue weighted by Crippen LogP contribution is 2.26. The normalized spacial score (nSPS) is 28.3. The van der Waals surface area contributed by atoms with Gasteiger partial charge in [-0.15, -0.1) is 0 Å². The molecule has 1 aliphatic heterocycles. The van der Waals surface area contributed by atoms with Gasteiger partial charge in [-0.1, -0.05) is 34.1 Å². The Balaban J connectivity index is 2.63. The highest BCUT2D eigenvalue weighted by Gasteiger charge is 2.31. The zero-order valence-electron chi connectivity index (χ0n) is 13.4. The van der Waals surface area contributed by atoms with Crippen LogP contribution in [-0.2, 0) is 0 Å². The van der Waals surface area contributed by atoms with Crippen LogP contribution in [0.15, 0.2) is 0 Å². The third-order valence-electron chi connectivity index (χ3n) is 4.46. The first-order valence-corrected chi connectivity index (χ1v) is 7.85. The van der Waals surface area contributed by atoms with Crippen molar-refractivity contribution in [2.75, 3.05) is 13.1 Å². The fraction of sp³-hybridized carbons (Fsp3) is 1.00. The van der Waals surface area contributed by atoms with Gasteiger partial charge in [0.15, 0.2) is 0 Å². The molecule has 0 amide bonds. The van der Waals surface area contributed by atoms with E-state index < -0.39 is 0 Å². The van der Waals surface area contributed by atoms with Gasteiger partial charge in [-0.25, -0.2) is 0 Å². The van der Waals surface area contributed by atoms with Crippen molar-refractivity contribution in [3.8, 4) is 0 Å². The zero-order valence-corrected chi connectivity index (χ0v) is 13.4. The molecule has 1 unspecified atom stereocenters. The maximum atomic E-state index is 3.76. The molecule has 2 nitrogen and oxygen atoms in total. The van der Waals surface area contributed by atoms with Crippen molar-refractivity contribution in [2.24, 2.45) is 5.41 Å². The molecule has 1 N–H and O–H groups in total. The van der Waals surface area contributed by atoms with E-state index in [1.54, 1.807) is 0 Å². The minimum absolute atomic E-state index is 0.339. The van der Waals surface area contributed by atoms with Crippen molar-refractivity contribution >= 4 is 0 Å². The molecular weight excluding hydrogens is 220 g/mol. The molecule has 108 valence electrons. The molecule has 0 radical (unpaired) electrons. The van der Waals surface area contributed by atoms with Crippen molar-refractivity contribution < 1.29 is 0 Å². The van der Waals surface area contributed by atoms with E-state index in [9.17, 15) is 0 Å². The van der Waals surface area contributed by atoms with E-state index in [1.807, 2.05) is 0 Å². The Morgan fingerprint density at radius 1 is 1.17 bits per heavy atom. The van der Waals surface area contributed by atoms with Crippen LogP contribution in [0.25, 0.3) is 0 Å². The molecule has 0 aromatic heterocycles. The third kappa shape index (κ3) is 4.55. The summed E-state index contributed by atoms with van der Waals surface area (Å²) in [6.45, 7) is 16.5. The van der Waals surface area contributed by atoms with Crippen LogP contribution in [0.4, 0.5) is 0 Å². The van der Waals surface area contributed by atoms with Gasteiger partial charge in [-0.3, -0.25) is 4.90 Å². The smallest absolute Gasteiger partial charge is 0.0243 e. The Bertz CT molecular complexity index is 222. The topological polar surface area (TPSA) is 15.3 Å². The number of hydrogen-bond donors (Lipinski definition) is 1. The second-order valence-electron chi connectivity index (χ2n) is 7.20. The third-order valence-corrected chi connectivity index (χ3v) is 4.46. The largest absolute Gasteiger partial charge is 0.312 e. The summed E-state index contributed by atoms with van der Waals surface area (Å²) in [5, 5.41) is 3.76. The first-order chi connectivity index (χ1) is 8.36. The van der Waals surface area contributed by atoms with E-state index in [0.29, 0.717) is 11.5 Å². The van der Waals surface area contributed by atoms with Crippen LogP contribution in [0, 0.1) is 5.41 Å². The fourth-order valence-electron chi connectivity index (χ4n) is 3.01. The average molecular weight is 254 g/mol. The van der Waals surface area contributed by atoms with Crippen LogP contribution in [0.1, 0.15) is 67.2 Å². The molecule has 0 aromatic carbocycles. The maximum Gasteiger partial charge on any atom is 0.0243 e. The van der Waals surface area contributed by atoms with Crippen molar-refractivity contribution in [1.29, 1.82) is 0 Å². The number of nitrogens with zero attached hydrogens (tertiary/aromatic N) is 1. The lowest BCUT2D eigenvalue weighted by atomic mass is 9.85. The van der Waals surface area contributed by atoms with E-state index in [2.05, 4.69) is 51.8 Å². The molecule has 1 heterocycles. The van der Waals surface area contributed by atoms with E-state index >= 15 is 0 Å². The predicted octanol–water partition coefficient (Wildman–Crippen LogP) is 3.66. The Morgan fingerprint density at radius 3 is 2.17 bits per heavy atom. The van der Waals surface area contributed by atoms with Crippen molar-refractivity contribution in [3.63, 3.8) is 0 Å². The molecule has 0 spiro atoms. The number of piperidine rings is 1. The Labute approximate surface area is 115 Å². The van der Waals surface area contributed by atoms with Crippen molar-refractivity contribution in [2.45, 2.75) is 85.4 Å². The van der Waals surface area contributed by atoms with Gasteiger partial charge < -0.3 is 5.32 Å². The average Bonchev–Trinajstić information content (AvgIpc) is 2.26. The molecule has 0 aliphatic carbocycles. The van der Waals surface area contributed by atoms with Gasteiger partial charge in [0.25, 0.3) is 0 Å². The number of hydrogen-bond acceptors (Lipinski definition) is 2. The van der Waals surface area contributed by atoms with Gasteiger partial charge >= 0.3 is 0 Å². The van der Waals surface area contributed by atoms with Crippen LogP contribution < -0.4 is 5.32 Å². The molecule has 1 fully saturated rings. The summed E-state index contributed by atoms with van der Waals surface area (Å²) < 4.78 is 0. The van der Waals surface area contributed by atoms with Crippen LogP contribution in [-0.4, -0.2) is 36.1 Å². The minimum Gasteiger partial charge on any atom is -0.312 e. The summed E-state index contributed by atoms with van der Waals surface area (Å²) in [5.74, 6) is 0. The van der Waals surface area contributed by atoms with E-state index in [-0.39, 0.29) is 0 Å². The van der Waals surface area contributed by atoms with Crippen LogP contribution in [0.3, 0.4) is 0 Å². The molecular formula is C16H34N2. The zero-order chi connectivity index (χ0) is 13.8. The summed E-state index contributed by atoms with van der Waals surface area (Å²) in [6, 6.07) is 2.10. The maximum absolute atomic E-state index is 3.76. The van der Waals surface area contributed by atoms with E-state index in [1.165, 1.54) is 32.2 Å². The first-order valence-electron chi connectivity index (χ1n) is 7.85. The van der Waals surface area contributed by atoms with Crippen molar-refractivity contribution in [1.82, 2.24) is 10.2 Å². The summed E-state index contributed by atoms with van der Waals surface area (Å²) in [4.78, 5) is 2.72. The van der Waals surface area contributed by atoms with Crippen LogP contribution >= 0.6 is 0 Å². The summed E-state index contributed by atoms with van der Waals surface area (Å²) in [5.41, 5.74) is 0.339. The van der Waals surface area contributed by atoms with Gasteiger partial charge in [0.2, 0.25) is 0 Å². The van der Waals surface area contributed by atoms with E-state index in [4.69, 9.17) is 0 Å². The van der Waals surface area contributed by atoms with Crippen LogP contribution in [0.2, 0.25) is 0 Å². The molecule has 1 saturated heterocycles. The summed E-state index contributed by atoms with van der Waals surface area (Å²) in [7, 11) is 0. The molecule has 18 heavy (non-hydrogen) atoms. The fourth-order valence-corrected chi connectivity index (χ4v) is 3.01. The predicted molar refractivity (Wildman–Crippen MR) is 81.0 cm³/mol. The minimum atomic E-state index is 0.339. The van der Waals surface area contributed by atoms with Crippen molar-refractivity contribution in [3.05, 3.63) is 0 Å². The molecule has 0 bridgehead atoms. The lowest BCUT2D eigenvalue weighted by Crippen LogP contribution is -2.54. The molecule has 1 rings (SSSR count). The Hall–Kier alpha value is -0.0800. The second-order valence-corrected chi connectivity index (χ2v) is 7.20. The molecule has 0 saturated carbocycles. The van der Waals surface area contributed by atoms with Crippen LogP contribution in [0.5, 0.6) is 0 Å². The van der Waals surface area contributed by atoms with Gasteiger partial charge in [0, 0.05) is 24.7 Å². The molecule has 3 atom stereocenters. The molecule has 2 heteroatoms. The highest BCUT2D eigenvalue weighted by atomic mass is 15.2. The standard InChI is InChI=1S/C16H34N2/c1-7-11-17-15(16(4,5)6)12-18-13(2)9-8-10-14(18)3/h13-15,17H,7-12H2,1-6H3/t13-,14+,15?. The number of rotatable bonds is 5. The highest BCUT2D eigenvalue weighted by molar-refractivity contribution is 4.88.